The van der Waals surface area contributed by atoms with Crippen LogP contribution in [0, 0.1) is 13.8 Å². The van der Waals surface area contributed by atoms with Crippen LogP contribution in [0.3, 0.4) is 0 Å². The van der Waals surface area contributed by atoms with Crippen LogP contribution in [0.4, 0.5) is 0 Å². The van der Waals surface area contributed by atoms with Crippen molar-refractivity contribution in [1.29, 1.82) is 0 Å². The Hall–Kier alpha value is -2.55. The van der Waals surface area contributed by atoms with Gasteiger partial charge in [-0.1, -0.05) is 42.9 Å². The van der Waals surface area contributed by atoms with Crippen molar-refractivity contribution in [2.45, 2.75) is 51.1 Å². The molecule has 2 heterocycles. The van der Waals surface area contributed by atoms with Crippen molar-refractivity contribution >= 4 is 11.8 Å². The maximum atomic E-state index is 6.09. The van der Waals surface area contributed by atoms with Crippen LogP contribution in [0.25, 0.3) is 0 Å². The highest BCUT2D eigenvalue weighted by Gasteiger charge is 2.14. The maximum Gasteiger partial charge on any atom is 0.237 e. The third-order valence-corrected chi connectivity index (χ3v) is 4.71. The lowest BCUT2D eigenvalue weighted by Crippen LogP contribution is -2.16. The largest absolute Gasteiger partial charge is 0.485 e. The number of benzene rings is 1. The number of hydrogen-bond acceptors (Lipinski definition) is 8. The Bertz CT molecular complexity index is 889. The van der Waals surface area contributed by atoms with E-state index < -0.39 is 0 Å². The van der Waals surface area contributed by atoms with Crippen LogP contribution < -0.4 is 10.6 Å². The summed E-state index contributed by atoms with van der Waals surface area (Å²) in [4.78, 5) is 4.15. The summed E-state index contributed by atoms with van der Waals surface area (Å²) in [6.07, 6.45) is 0. The molecule has 0 atom stereocenters. The fourth-order valence-corrected chi connectivity index (χ4v) is 3.13. The first-order chi connectivity index (χ1) is 12.4. The number of aryl methyl sites for hydroxylation is 2. The number of aromatic nitrogens is 5. The summed E-state index contributed by atoms with van der Waals surface area (Å²) in [5, 5.41) is 12.5. The first-order valence-electron chi connectivity index (χ1n) is 8.28. The van der Waals surface area contributed by atoms with Crippen LogP contribution in [-0.4, -0.2) is 25.0 Å². The predicted octanol–water partition coefficient (Wildman–Crippen LogP) is 2.99. The summed E-state index contributed by atoms with van der Waals surface area (Å²) >= 11 is 1.38. The van der Waals surface area contributed by atoms with Crippen LogP contribution in [0.5, 0.6) is 5.75 Å². The van der Waals surface area contributed by atoms with E-state index >= 15 is 0 Å². The van der Waals surface area contributed by atoms with E-state index in [1.165, 1.54) is 16.4 Å². The smallest absolute Gasteiger partial charge is 0.237 e. The number of thioether (sulfide) groups is 1. The molecule has 0 aliphatic rings. The van der Waals surface area contributed by atoms with E-state index in [2.05, 4.69) is 46.3 Å². The molecule has 8 nitrogen and oxygen atoms in total. The van der Waals surface area contributed by atoms with Gasteiger partial charge < -0.3 is 15.1 Å². The van der Waals surface area contributed by atoms with Crippen molar-refractivity contribution in [2.75, 3.05) is 5.84 Å². The molecule has 0 aliphatic heterocycles. The van der Waals surface area contributed by atoms with Gasteiger partial charge in [-0.3, -0.25) is 0 Å². The molecule has 26 heavy (non-hydrogen) atoms. The molecule has 3 aromatic rings. The third kappa shape index (κ3) is 4.16. The van der Waals surface area contributed by atoms with E-state index in [-0.39, 0.29) is 6.61 Å². The van der Waals surface area contributed by atoms with E-state index in [0.29, 0.717) is 34.4 Å². The summed E-state index contributed by atoms with van der Waals surface area (Å²) in [6.45, 7) is 8.33. The second kappa shape index (κ2) is 7.77. The molecule has 0 amide bonds. The molecule has 0 unspecified atom stereocenters. The molecule has 2 aromatic heterocycles. The highest BCUT2D eigenvalue weighted by atomic mass is 32.2. The van der Waals surface area contributed by atoms with Gasteiger partial charge >= 0.3 is 0 Å². The van der Waals surface area contributed by atoms with Gasteiger partial charge in [0.05, 0.1) is 5.75 Å². The normalized spacial score (nSPS) is 11.3. The lowest BCUT2D eigenvalue weighted by atomic mass is 10.0. The summed E-state index contributed by atoms with van der Waals surface area (Å²) in [5.41, 5.74) is 2.30. The zero-order valence-electron chi connectivity index (χ0n) is 15.3. The lowest BCUT2D eigenvalue weighted by molar-refractivity contribution is 0.287. The van der Waals surface area contributed by atoms with E-state index in [1.54, 1.807) is 6.92 Å². The SMILES string of the molecule is Cc1ccc(C(C)C)c(OCc2nnc(SCc3nc(C)no3)n2N)c1. The topological polar surface area (TPSA) is 105 Å². The molecule has 0 saturated carbocycles. The Morgan fingerprint density at radius 1 is 1.27 bits per heavy atom. The average Bonchev–Trinajstić information content (AvgIpc) is 3.16. The van der Waals surface area contributed by atoms with Gasteiger partial charge in [0.15, 0.2) is 11.6 Å². The Morgan fingerprint density at radius 3 is 2.77 bits per heavy atom. The summed E-state index contributed by atoms with van der Waals surface area (Å²) < 4.78 is 12.5. The van der Waals surface area contributed by atoms with E-state index in [0.717, 1.165) is 16.9 Å². The quantitative estimate of drug-likeness (QED) is 0.497. The Morgan fingerprint density at radius 2 is 2.08 bits per heavy atom. The number of rotatable bonds is 7. The zero-order chi connectivity index (χ0) is 18.7. The molecular formula is C17H22N6O2S. The zero-order valence-corrected chi connectivity index (χ0v) is 16.1. The van der Waals surface area contributed by atoms with Crippen LogP contribution in [0.1, 0.15) is 48.4 Å². The van der Waals surface area contributed by atoms with Gasteiger partial charge in [0.25, 0.3) is 0 Å². The fourth-order valence-electron chi connectivity index (χ4n) is 2.41. The standard InChI is InChI=1S/C17H22N6O2S/c1-10(2)13-6-5-11(3)7-14(13)24-8-15-20-21-17(23(15)18)26-9-16-19-12(4)22-25-16/h5-7,10H,8-9,18H2,1-4H3. The van der Waals surface area contributed by atoms with Gasteiger partial charge in [-0.05, 0) is 37.0 Å². The minimum absolute atomic E-state index is 0.243. The molecule has 138 valence electrons. The molecule has 0 spiro atoms. The molecular weight excluding hydrogens is 352 g/mol. The Labute approximate surface area is 156 Å². The van der Waals surface area contributed by atoms with Crippen LogP contribution in [-0.2, 0) is 12.4 Å². The minimum atomic E-state index is 0.243. The van der Waals surface area contributed by atoms with Gasteiger partial charge in [-0.25, -0.2) is 4.68 Å². The van der Waals surface area contributed by atoms with Gasteiger partial charge in [0, 0.05) is 0 Å². The summed E-state index contributed by atoms with van der Waals surface area (Å²) in [6, 6.07) is 6.21. The number of ether oxygens (including phenoxy) is 1. The second-order valence-corrected chi connectivity index (χ2v) is 7.22. The van der Waals surface area contributed by atoms with Crippen molar-refractivity contribution in [2.24, 2.45) is 0 Å². The monoisotopic (exact) mass is 374 g/mol. The summed E-state index contributed by atoms with van der Waals surface area (Å²) in [5.74, 6) is 9.45. The third-order valence-electron chi connectivity index (χ3n) is 3.78. The lowest BCUT2D eigenvalue weighted by Gasteiger charge is -2.14. The van der Waals surface area contributed by atoms with Crippen molar-refractivity contribution in [1.82, 2.24) is 25.0 Å². The van der Waals surface area contributed by atoms with Gasteiger partial charge in [-0.15, -0.1) is 10.2 Å². The number of hydrogen-bond donors (Lipinski definition) is 1. The Balaban J connectivity index is 1.66. The van der Waals surface area contributed by atoms with Crippen molar-refractivity contribution in [3.8, 4) is 5.75 Å². The highest BCUT2D eigenvalue weighted by Crippen LogP contribution is 2.28. The number of nitrogens with zero attached hydrogens (tertiary/aromatic N) is 5. The minimum Gasteiger partial charge on any atom is -0.485 e. The van der Waals surface area contributed by atoms with E-state index in [1.807, 2.05) is 13.0 Å². The molecule has 0 fully saturated rings. The molecule has 0 saturated heterocycles. The van der Waals surface area contributed by atoms with Gasteiger partial charge in [0.2, 0.25) is 11.0 Å². The van der Waals surface area contributed by atoms with Crippen LogP contribution >= 0.6 is 11.8 Å². The fraction of sp³-hybridized carbons (Fsp3) is 0.412. The highest BCUT2D eigenvalue weighted by molar-refractivity contribution is 7.98. The molecule has 2 N–H and O–H groups in total. The van der Waals surface area contributed by atoms with Crippen molar-refractivity contribution < 1.29 is 9.26 Å². The van der Waals surface area contributed by atoms with Gasteiger partial charge in [-0.2, -0.15) is 4.98 Å². The van der Waals surface area contributed by atoms with Crippen molar-refractivity contribution in [3.05, 3.63) is 46.9 Å². The molecule has 9 heteroatoms. The number of nitrogens with two attached hydrogens (primary N) is 1. The van der Waals surface area contributed by atoms with Crippen LogP contribution in [0.15, 0.2) is 27.9 Å². The first-order valence-corrected chi connectivity index (χ1v) is 9.27. The maximum absolute atomic E-state index is 6.09. The average molecular weight is 374 g/mol. The molecule has 3 rings (SSSR count). The second-order valence-electron chi connectivity index (χ2n) is 6.28. The molecule has 0 bridgehead atoms. The van der Waals surface area contributed by atoms with Crippen LogP contribution in [0.2, 0.25) is 0 Å². The summed E-state index contributed by atoms with van der Waals surface area (Å²) in [7, 11) is 0. The first kappa shape index (κ1) is 18.2. The predicted molar refractivity (Wildman–Crippen MR) is 98.4 cm³/mol. The van der Waals surface area contributed by atoms with Gasteiger partial charge in [0.1, 0.15) is 12.4 Å². The Kier molecular flexibility index (Phi) is 5.46. The molecule has 0 aliphatic carbocycles. The molecule has 0 radical (unpaired) electrons. The van der Waals surface area contributed by atoms with Crippen molar-refractivity contribution in [3.63, 3.8) is 0 Å². The molecule has 1 aromatic carbocycles. The van der Waals surface area contributed by atoms with E-state index in [4.69, 9.17) is 15.1 Å². The number of nitrogen functional groups attached to an aromatic ring is 1. The van der Waals surface area contributed by atoms with E-state index in [9.17, 15) is 0 Å².